The van der Waals surface area contributed by atoms with Crippen LogP contribution in [0.5, 0.6) is 0 Å². The van der Waals surface area contributed by atoms with Gasteiger partial charge in [0.2, 0.25) is 11.8 Å². The number of carbonyl (C=O) groups is 2. The van der Waals surface area contributed by atoms with Gasteiger partial charge in [-0.15, -0.1) is 0 Å². The molecule has 0 radical (unpaired) electrons. The highest BCUT2D eigenvalue weighted by Crippen LogP contribution is 2.07. The minimum absolute atomic E-state index is 0.00467. The van der Waals surface area contributed by atoms with Gasteiger partial charge in [-0.1, -0.05) is 12.1 Å². The van der Waals surface area contributed by atoms with Gasteiger partial charge in [0, 0.05) is 32.2 Å². The van der Waals surface area contributed by atoms with Crippen LogP contribution in [0.15, 0.2) is 10.6 Å². The molecule has 0 fully saturated rings. The molecule has 1 aromatic rings. The number of amides is 2. The maximum atomic E-state index is 11.9. The minimum atomic E-state index is -0.290. The van der Waals surface area contributed by atoms with Crippen LogP contribution in [0.4, 0.5) is 5.82 Å². The van der Waals surface area contributed by atoms with Crippen LogP contribution in [0.1, 0.15) is 32.4 Å². The molecule has 0 aliphatic rings. The van der Waals surface area contributed by atoms with E-state index in [1.54, 1.807) is 19.9 Å². The zero-order chi connectivity index (χ0) is 15.7. The van der Waals surface area contributed by atoms with E-state index in [9.17, 15) is 9.59 Å². The third kappa shape index (κ3) is 6.40. The summed E-state index contributed by atoms with van der Waals surface area (Å²) < 4.78 is 10.1. The zero-order valence-corrected chi connectivity index (χ0v) is 12.8. The van der Waals surface area contributed by atoms with E-state index in [2.05, 4.69) is 10.5 Å². The Labute approximate surface area is 124 Å². The highest BCUT2D eigenvalue weighted by Gasteiger charge is 2.16. The van der Waals surface area contributed by atoms with Gasteiger partial charge in [-0.3, -0.25) is 9.59 Å². The third-order valence-electron chi connectivity index (χ3n) is 2.81. The largest absolute Gasteiger partial charge is 0.382 e. The number of nitrogens with one attached hydrogen (secondary N) is 1. The first-order chi connectivity index (χ1) is 10.1. The quantitative estimate of drug-likeness (QED) is 0.700. The molecule has 0 unspecified atom stereocenters. The van der Waals surface area contributed by atoms with Crippen molar-refractivity contribution in [1.29, 1.82) is 0 Å². The predicted octanol–water partition coefficient (Wildman–Crippen LogP) is 1.59. The van der Waals surface area contributed by atoms with Crippen LogP contribution in [-0.4, -0.2) is 48.2 Å². The Morgan fingerprint density at radius 3 is 2.76 bits per heavy atom. The number of anilines is 1. The van der Waals surface area contributed by atoms with E-state index in [0.29, 0.717) is 44.2 Å². The maximum Gasteiger partial charge on any atom is 0.245 e. The van der Waals surface area contributed by atoms with E-state index < -0.39 is 0 Å². The summed E-state index contributed by atoms with van der Waals surface area (Å²) in [5, 5.41) is 6.29. The minimum Gasteiger partial charge on any atom is -0.382 e. The van der Waals surface area contributed by atoms with E-state index in [-0.39, 0.29) is 18.4 Å². The molecular weight excluding hydrogens is 274 g/mol. The van der Waals surface area contributed by atoms with Gasteiger partial charge in [-0.05, 0) is 20.3 Å². The SMILES string of the molecule is CCOCCCN(CC(=O)Nc1cc(C)on1)C(=O)CC. The molecule has 0 spiro atoms. The molecule has 21 heavy (non-hydrogen) atoms. The summed E-state index contributed by atoms with van der Waals surface area (Å²) >= 11 is 0. The number of aromatic nitrogens is 1. The van der Waals surface area contributed by atoms with E-state index >= 15 is 0 Å². The van der Waals surface area contributed by atoms with Crippen molar-refractivity contribution in [2.45, 2.75) is 33.6 Å². The van der Waals surface area contributed by atoms with Crippen LogP contribution in [0.25, 0.3) is 0 Å². The first-order valence-electron chi connectivity index (χ1n) is 7.15. The Morgan fingerprint density at radius 1 is 1.43 bits per heavy atom. The second-order valence-corrected chi connectivity index (χ2v) is 4.59. The zero-order valence-electron chi connectivity index (χ0n) is 12.8. The molecule has 0 saturated heterocycles. The standard InChI is InChI=1S/C14H23N3O4/c1-4-14(19)17(7-6-8-20-5-2)10-13(18)15-12-9-11(3)21-16-12/h9H,4-8,10H2,1-3H3,(H,15,16,18). The lowest BCUT2D eigenvalue weighted by atomic mass is 10.3. The molecule has 118 valence electrons. The molecule has 0 saturated carbocycles. The number of ether oxygens (including phenoxy) is 1. The van der Waals surface area contributed by atoms with Gasteiger partial charge in [-0.25, -0.2) is 0 Å². The summed E-state index contributed by atoms with van der Waals surface area (Å²) in [7, 11) is 0. The van der Waals surface area contributed by atoms with Crippen molar-refractivity contribution in [3.05, 3.63) is 11.8 Å². The van der Waals surface area contributed by atoms with Crippen LogP contribution >= 0.6 is 0 Å². The summed E-state index contributed by atoms with van der Waals surface area (Å²) in [5.74, 6) is 0.624. The Hall–Kier alpha value is -1.89. The van der Waals surface area contributed by atoms with Crippen molar-refractivity contribution in [3.63, 3.8) is 0 Å². The Morgan fingerprint density at radius 2 is 2.19 bits per heavy atom. The van der Waals surface area contributed by atoms with Crippen LogP contribution in [0, 0.1) is 6.92 Å². The lowest BCUT2D eigenvalue weighted by molar-refractivity contribution is -0.134. The first kappa shape index (κ1) is 17.2. The van der Waals surface area contributed by atoms with Crippen LogP contribution in [-0.2, 0) is 14.3 Å². The lowest BCUT2D eigenvalue weighted by Gasteiger charge is -2.21. The predicted molar refractivity (Wildman–Crippen MR) is 77.9 cm³/mol. The number of hydrogen-bond donors (Lipinski definition) is 1. The van der Waals surface area contributed by atoms with Crippen molar-refractivity contribution in [3.8, 4) is 0 Å². The van der Waals surface area contributed by atoms with E-state index in [1.165, 1.54) is 4.90 Å². The molecule has 7 nitrogen and oxygen atoms in total. The molecular formula is C14H23N3O4. The second kappa shape index (κ2) is 9.12. The van der Waals surface area contributed by atoms with Gasteiger partial charge in [0.25, 0.3) is 0 Å². The molecule has 7 heteroatoms. The Bertz CT molecular complexity index is 459. The van der Waals surface area contributed by atoms with Crippen LogP contribution in [0.3, 0.4) is 0 Å². The van der Waals surface area contributed by atoms with Gasteiger partial charge < -0.3 is 19.5 Å². The lowest BCUT2D eigenvalue weighted by Crippen LogP contribution is -2.38. The molecule has 1 rings (SSSR count). The average molecular weight is 297 g/mol. The van der Waals surface area contributed by atoms with Gasteiger partial charge in [-0.2, -0.15) is 0 Å². The Kier molecular flexibility index (Phi) is 7.45. The molecule has 0 aliphatic heterocycles. The van der Waals surface area contributed by atoms with Crippen molar-refractivity contribution >= 4 is 17.6 Å². The van der Waals surface area contributed by atoms with Crippen LogP contribution < -0.4 is 5.32 Å². The molecule has 0 aromatic carbocycles. The fraction of sp³-hybridized carbons (Fsp3) is 0.643. The van der Waals surface area contributed by atoms with Crippen molar-refractivity contribution < 1.29 is 18.8 Å². The first-order valence-corrected chi connectivity index (χ1v) is 7.15. The van der Waals surface area contributed by atoms with Gasteiger partial charge >= 0.3 is 0 Å². The summed E-state index contributed by atoms with van der Waals surface area (Å²) in [5.41, 5.74) is 0. The highest BCUT2D eigenvalue weighted by atomic mass is 16.5. The molecule has 0 aliphatic carbocycles. The molecule has 1 heterocycles. The summed E-state index contributed by atoms with van der Waals surface area (Å²) in [6, 6.07) is 1.62. The number of carbonyl (C=O) groups excluding carboxylic acids is 2. The molecule has 0 atom stereocenters. The summed E-state index contributed by atoms with van der Waals surface area (Å²) in [4.78, 5) is 25.3. The van der Waals surface area contributed by atoms with E-state index in [4.69, 9.17) is 9.26 Å². The average Bonchev–Trinajstić information content (AvgIpc) is 2.86. The fourth-order valence-electron chi connectivity index (χ4n) is 1.80. The van der Waals surface area contributed by atoms with Gasteiger partial charge in [0.15, 0.2) is 5.82 Å². The monoisotopic (exact) mass is 297 g/mol. The molecule has 1 aromatic heterocycles. The molecule has 2 amide bonds. The van der Waals surface area contributed by atoms with E-state index in [0.717, 1.165) is 0 Å². The van der Waals surface area contributed by atoms with Gasteiger partial charge in [0.05, 0.1) is 6.54 Å². The van der Waals surface area contributed by atoms with Crippen molar-refractivity contribution in [1.82, 2.24) is 10.1 Å². The Balaban J connectivity index is 2.46. The maximum absolute atomic E-state index is 11.9. The fourth-order valence-corrected chi connectivity index (χ4v) is 1.80. The number of rotatable bonds is 9. The van der Waals surface area contributed by atoms with Crippen molar-refractivity contribution in [2.24, 2.45) is 0 Å². The van der Waals surface area contributed by atoms with Crippen molar-refractivity contribution in [2.75, 3.05) is 31.6 Å². The summed E-state index contributed by atoms with van der Waals surface area (Å²) in [6.45, 7) is 7.16. The second-order valence-electron chi connectivity index (χ2n) is 4.59. The normalized spacial score (nSPS) is 10.4. The smallest absolute Gasteiger partial charge is 0.245 e. The summed E-state index contributed by atoms with van der Waals surface area (Å²) in [6.07, 6.45) is 1.07. The number of hydrogen-bond acceptors (Lipinski definition) is 5. The topological polar surface area (TPSA) is 84.7 Å². The molecule has 0 bridgehead atoms. The number of aryl methyl sites for hydroxylation is 1. The van der Waals surface area contributed by atoms with Gasteiger partial charge in [0.1, 0.15) is 5.76 Å². The number of nitrogens with zero attached hydrogens (tertiary/aromatic N) is 2. The molecule has 1 N–H and O–H groups in total. The van der Waals surface area contributed by atoms with Crippen LogP contribution in [0.2, 0.25) is 0 Å². The third-order valence-corrected chi connectivity index (χ3v) is 2.81. The highest BCUT2D eigenvalue weighted by molar-refractivity contribution is 5.93. The van der Waals surface area contributed by atoms with E-state index in [1.807, 2.05) is 6.92 Å².